The van der Waals surface area contributed by atoms with Crippen molar-refractivity contribution < 1.29 is 28.7 Å². The lowest BCUT2D eigenvalue weighted by Crippen LogP contribution is -2.50. The Hall–Kier alpha value is -4.68. The monoisotopic (exact) mass is 663 g/mol. The molecule has 3 atom stereocenters. The number of carbonyl (C=O) groups is 4. The summed E-state index contributed by atoms with van der Waals surface area (Å²) in [7, 11) is 0. The first kappa shape index (κ1) is 33.7. The van der Waals surface area contributed by atoms with E-state index in [0.29, 0.717) is 46.7 Å². The van der Waals surface area contributed by atoms with Crippen molar-refractivity contribution in [3.05, 3.63) is 80.3 Å². The Morgan fingerprint density at radius 3 is 2.64 bits per heavy atom. The third-order valence-corrected chi connectivity index (χ3v) is 8.92. The van der Waals surface area contributed by atoms with Crippen LogP contribution in [0.15, 0.2) is 51.7 Å². The zero-order chi connectivity index (χ0) is 33.8. The highest BCUT2D eigenvalue weighted by atomic mass is 35.5. The molecule has 0 aliphatic carbocycles. The van der Waals surface area contributed by atoms with Crippen LogP contribution in [0.2, 0.25) is 5.02 Å². The van der Waals surface area contributed by atoms with Crippen molar-refractivity contribution in [2.75, 3.05) is 13.1 Å². The number of aromatic amines is 1. The van der Waals surface area contributed by atoms with Crippen LogP contribution in [-0.2, 0) is 20.8 Å². The van der Waals surface area contributed by atoms with Gasteiger partial charge in [0.15, 0.2) is 5.43 Å². The van der Waals surface area contributed by atoms with Crippen LogP contribution in [0.5, 0.6) is 0 Å². The molecule has 1 fully saturated rings. The van der Waals surface area contributed by atoms with Gasteiger partial charge in [0.05, 0.1) is 5.39 Å². The number of aromatic nitrogens is 1. The van der Waals surface area contributed by atoms with E-state index >= 15 is 0 Å². The SMILES string of the molecule is Cc1[nH]c2cc(C(=O)N3C[C@@H](NC(=O)CCc4cc(=O)c5cc(Cl)ccc5o4)C[C@H]3C(=O)N[C@@H](CCCCN)C(=O)O)ccc2c1C. The second-order valence-corrected chi connectivity index (χ2v) is 12.4. The van der Waals surface area contributed by atoms with Gasteiger partial charge in [-0.2, -0.15) is 0 Å². The van der Waals surface area contributed by atoms with Gasteiger partial charge in [0, 0.05) is 58.7 Å². The number of hydrogen-bond acceptors (Lipinski definition) is 7. The first-order valence-corrected chi connectivity index (χ1v) is 16.0. The third-order valence-electron chi connectivity index (χ3n) is 8.69. The number of carboxylic acid groups (broad SMARTS) is 1. The molecule has 1 aliphatic heterocycles. The minimum atomic E-state index is -1.18. The molecule has 47 heavy (non-hydrogen) atoms. The lowest BCUT2D eigenvalue weighted by atomic mass is 10.1. The maximum atomic E-state index is 13.9. The molecular weight excluding hydrogens is 626 g/mol. The molecule has 0 unspecified atom stereocenters. The number of aryl methyl sites for hydroxylation is 3. The van der Waals surface area contributed by atoms with Crippen molar-refractivity contribution in [2.24, 2.45) is 5.73 Å². The van der Waals surface area contributed by atoms with Crippen molar-refractivity contribution in [3.63, 3.8) is 0 Å². The van der Waals surface area contributed by atoms with Crippen molar-refractivity contribution in [1.82, 2.24) is 20.5 Å². The summed E-state index contributed by atoms with van der Waals surface area (Å²) in [6.07, 6.45) is 1.55. The predicted molar refractivity (Wildman–Crippen MR) is 177 cm³/mol. The minimum Gasteiger partial charge on any atom is -0.480 e. The highest BCUT2D eigenvalue weighted by Gasteiger charge is 2.41. The number of fused-ring (bicyclic) bond motifs is 2. The first-order valence-electron chi connectivity index (χ1n) is 15.6. The summed E-state index contributed by atoms with van der Waals surface area (Å²) in [5.41, 5.74) is 8.83. The molecule has 2 aromatic carbocycles. The largest absolute Gasteiger partial charge is 0.480 e. The molecule has 4 aromatic rings. The van der Waals surface area contributed by atoms with Crippen molar-refractivity contribution in [2.45, 2.75) is 70.5 Å². The number of carboxylic acids is 1. The number of benzene rings is 2. The Morgan fingerprint density at radius 2 is 1.89 bits per heavy atom. The molecule has 5 rings (SSSR count). The van der Waals surface area contributed by atoms with E-state index in [4.69, 9.17) is 21.8 Å². The zero-order valence-corrected chi connectivity index (χ0v) is 27.0. The van der Waals surface area contributed by atoms with Gasteiger partial charge >= 0.3 is 5.97 Å². The minimum absolute atomic E-state index is 0.00618. The van der Waals surface area contributed by atoms with Gasteiger partial charge in [-0.05, 0) is 82.0 Å². The maximum Gasteiger partial charge on any atom is 0.326 e. The van der Waals surface area contributed by atoms with E-state index in [2.05, 4.69) is 15.6 Å². The van der Waals surface area contributed by atoms with E-state index in [-0.39, 0.29) is 43.6 Å². The molecule has 6 N–H and O–H groups in total. The summed E-state index contributed by atoms with van der Waals surface area (Å²) in [6.45, 7) is 4.37. The Balaban J connectivity index is 1.31. The molecule has 3 heterocycles. The number of halogens is 1. The number of H-pyrrole nitrogens is 1. The molecule has 1 saturated heterocycles. The molecule has 13 heteroatoms. The smallest absolute Gasteiger partial charge is 0.326 e. The van der Waals surface area contributed by atoms with E-state index in [1.165, 1.54) is 17.0 Å². The van der Waals surface area contributed by atoms with Crippen LogP contribution in [0.1, 0.15) is 59.5 Å². The third kappa shape index (κ3) is 7.66. The number of hydrogen-bond donors (Lipinski definition) is 5. The first-order chi connectivity index (χ1) is 22.4. The summed E-state index contributed by atoms with van der Waals surface area (Å²) in [5, 5.41) is 17.0. The van der Waals surface area contributed by atoms with E-state index in [9.17, 15) is 29.1 Å². The van der Waals surface area contributed by atoms with Crippen LogP contribution in [0, 0.1) is 13.8 Å². The summed E-state index contributed by atoms with van der Waals surface area (Å²) >= 11 is 5.99. The Labute approximate surface area is 275 Å². The molecule has 2 aromatic heterocycles. The Bertz CT molecular complexity index is 1900. The highest BCUT2D eigenvalue weighted by Crippen LogP contribution is 2.26. The number of rotatable bonds is 12. The van der Waals surface area contributed by atoms with Gasteiger partial charge in [0.25, 0.3) is 5.91 Å². The average molecular weight is 664 g/mol. The normalized spacial score (nSPS) is 16.8. The molecule has 248 valence electrons. The molecule has 0 radical (unpaired) electrons. The number of nitrogens with two attached hydrogens (primary N) is 1. The second kappa shape index (κ2) is 14.4. The van der Waals surface area contributed by atoms with Gasteiger partial charge in [-0.3, -0.25) is 19.2 Å². The standard InChI is InChI=1S/C34H38ClN5O7/c1-18-19(2)37-27-13-20(6-9-24(18)27)33(44)40-17-22(15-28(40)32(43)39-26(34(45)46)5-3-4-12-36)38-31(42)11-8-23-16-29(41)25-14-21(35)7-10-30(25)47-23/h6-7,9-10,13-14,16,22,26,28,37H,3-5,8,11-12,15,17,36H2,1-2H3,(H,38,42)(H,39,43)(H,45,46)/t22-,26-,28-/m0/s1. The number of aliphatic carboxylic acids is 1. The van der Waals surface area contributed by atoms with Crippen LogP contribution < -0.4 is 21.8 Å². The molecule has 0 spiro atoms. The number of amides is 3. The lowest BCUT2D eigenvalue weighted by molar-refractivity contribution is -0.142. The van der Waals surface area contributed by atoms with Gasteiger partial charge in [-0.1, -0.05) is 17.7 Å². The number of carbonyl (C=O) groups excluding carboxylic acids is 3. The summed E-state index contributed by atoms with van der Waals surface area (Å²) in [5.74, 6) is -2.23. The Morgan fingerprint density at radius 1 is 1.11 bits per heavy atom. The number of nitrogens with zero attached hydrogens (tertiary/aromatic N) is 1. The second-order valence-electron chi connectivity index (χ2n) is 12.0. The molecule has 0 saturated carbocycles. The van der Waals surface area contributed by atoms with Crippen LogP contribution in [0.25, 0.3) is 21.9 Å². The number of unbranched alkanes of at least 4 members (excludes halogenated alkanes) is 1. The Kier molecular flexibility index (Phi) is 10.3. The zero-order valence-electron chi connectivity index (χ0n) is 26.2. The molecule has 0 bridgehead atoms. The van der Waals surface area contributed by atoms with E-state index in [0.717, 1.165) is 22.2 Å². The highest BCUT2D eigenvalue weighted by molar-refractivity contribution is 6.31. The summed E-state index contributed by atoms with van der Waals surface area (Å²) < 4.78 is 5.79. The molecular formula is C34H38ClN5O7. The molecule has 1 aliphatic rings. The fourth-order valence-electron chi connectivity index (χ4n) is 6.04. The van der Waals surface area contributed by atoms with Gasteiger partial charge in [-0.15, -0.1) is 0 Å². The van der Waals surface area contributed by atoms with E-state index in [1.54, 1.807) is 24.3 Å². The van der Waals surface area contributed by atoms with Gasteiger partial charge in [0.1, 0.15) is 23.4 Å². The van der Waals surface area contributed by atoms with Crippen LogP contribution >= 0.6 is 11.6 Å². The van der Waals surface area contributed by atoms with Gasteiger partial charge in [-0.25, -0.2) is 4.79 Å². The fourth-order valence-corrected chi connectivity index (χ4v) is 6.21. The van der Waals surface area contributed by atoms with Crippen LogP contribution in [0.4, 0.5) is 0 Å². The fraction of sp³-hybridized carbons (Fsp3) is 0.382. The van der Waals surface area contributed by atoms with Crippen LogP contribution in [0.3, 0.4) is 0 Å². The lowest BCUT2D eigenvalue weighted by Gasteiger charge is -2.25. The van der Waals surface area contributed by atoms with E-state index in [1.807, 2.05) is 19.9 Å². The number of nitrogens with one attached hydrogen (secondary N) is 3. The topological polar surface area (TPSA) is 188 Å². The summed E-state index contributed by atoms with van der Waals surface area (Å²) in [4.78, 5) is 69.6. The van der Waals surface area contributed by atoms with Crippen molar-refractivity contribution in [3.8, 4) is 0 Å². The molecule has 12 nitrogen and oxygen atoms in total. The molecule has 3 amide bonds. The van der Waals surface area contributed by atoms with Crippen molar-refractivity contribution in [1.29, 1.82) is 0 Å². The predicted octanol–water partition coefficient (Wildman–Crippen LogP) is 3.58. The summed E-state index contributed by atoms with van der Waals surface area (Å²) in [6, 6.07) is 8.61. The quantitative estimate of drug-likeness (QED) is 0.142. The van der Waals surface area contributed by atoms with Gasteiger partial charge < -0.3 is 35.8 Å². The van der Waals surface area contributed by atoms with Crippen molar-refractivity contribution >= 4 is 57.2 Å². The van der Waals surface area contributed by atoms with Gasteiger partial charge in [0.2, 0.25) is 11.8 Å². The van der Waals surface area contributed by atoms with E-state index < -0.39 is 35.9 Å². The average Bonchev–Trinajstić information content (AvgIpc) is 3.58. The number of likely N-dealkylation sites (tertiary alicyclic amines) is 1. The maximum absolute atomic E-state index is 13.9. The van der Waals surface area contributed by atoms with Crippen LogP contribution in [-0.4, -0.2) is 69.9 Å².